The molecule has 1 aromatic rings. The number of hydrazine groups is 1. The summed E-state index contributed by atoms with van der Waals surface area (Å²) in [6, 6.07) is 0. The Morgan fingerprint density at radius 3 is 2.74 bits per heavy atom. The van der Waals surface area contributed by atoms with Crippen molar-refractivity contribution in [1.82, 2.24) is 10.0 Å². The lowest BCUT2D eigenvalue weighted by Crippen LogP contribution is -2.36. The van der Waals surface area contributed by atoms with E-state index in [1.165, 1.54) is 0 Å². The number of phenols is 1. The fraction of sp³-hybridized carbons (Fsp3) is 0.565. The highest BCUT2D eigenvalue weighted by atomic mass is 16.5. The van der Waals surface area contributed by atoms with Crippen LogP contribution in [0.1, 0.15) is 53.2 Å². The molecule has 2 aliphatic heterocycles. The van der Waals surface area contributed by atoms with Gasteiger partial charge in [-0.3, -0.25) is 4.79 Å². The molecule has 0 saturated carbocycles. The van der Waals surface area contributed by atoms with E-state index in [-0.39, 0.29) is 23.9 Å². The highest BCUT2D eigenvalue weighted by Crippen LogP contribution is 2.42. The number of cyclic esters (lactones) is 1. The maximum Gasteiger partial charge on any atom is 0.342 e. The van der Waals surface area contributed by atoms with Crippen molar-refractivity contribution >= 4 is 11.9 Å². The van der Waals surface area contributed by atoms with Gasteiger partial charge in [0.2, 0.25) is 0 Å². The van der Waals surface area contributed by atoms with Crippen LogP contribution in [0.25, 0.3) is 0 Å². The molecule has 2 aliphatic rings. The van der Waals surface area contributed by atoms with E-state index in [1.807, 2.05) is 27.0 Å². The summed E-state index contributed by atoms with van der Waals surface area (Å²) in [5.41, 5.74) is 3.25. The summed E-state index contributed by atoms with van der Waals surface area (Å²) in [7, 11) is 3.59. The molecular weight excluding hydrogens is 400 g/mol. The molecule has 0 spiro atoms. The van der Waals surface area contributed by atoms with Gasteiger partial charge in [0.05, 0.1) is 7.11 Å². The summed E-state index contributed by atoms with van der Waals surface area (Å²) in [6.07, 6.45) is 4.34. The zero-order valence-electron chi connectivity index (χ0n) is 18.8. The van der Waals surface area contributed by atoms with E-state index in [9.17, 15) is 14.7 Å². The molecule has 0 radical (unpaired) electrons. The highest BCUT2D eigenvalue weighted by molar-refractivity contribution is 5.98. The summed E-state index contributed by atoms with van der Waals surface area (Å²) in [6.45, 7) is 7.10. The largest absolute Gasteiger partial charge is 0.507 e. The summed E-state index contributed by atoms with van der Waals surface area (Å²) in [5, 5.41) is 15.0. The average molecular weight is 433 g/mol. The van der Waals surface area contributed by atoms with Gasteiger partial charge in [-0.25, -0.2) is 14.8 Å². The Bertz CT molecular complexity index is 880. The molecule has 0 aliphatic carbocycles. The van der Waals surface area contributed by atoms with E-state index in [1.54, 1.807) is 7.11 Å². The molecule has 0 atom stereocenters. The van der Waals surface area contributed by atoms with Gasteiger partial charge in [0.1, 0.15) is 30.3 Å². The Morgan fingerprint density at radius 1 is 1.29 bits per heavy atom. The molecule has 31 heavy (non-hydrogen) atoms. The third kappa shape index (κ3) is 5.19. The normalized spacial score (nSPS) is 17.0. The van der Waals surface area contributed by atoms with Crippen LogP contribution in [0.15, 0.2) is 11.6 Å². The SMILES string of the molecule is COc1c(C)c2c(c(O)c1CC=C(C)CCC(=O)OCCN1CCCN1C)C(=O)OC2. The van der Waals surface area contributed by atoms with Gasteiger partial charge in [0.25, 0.3) is 0 Å². The molecule has 1 fully saturated rings. The minimum Gasteiger partial charge on any atom is -0.507 e. The van der Waals surface area contributed by atoms with Crippen molar-refractivity contribution in [2.24, 2.45) is 0 Å². The molecule has 8 heteroatoms. The number of phenolic OH excluding ortho intramolecular Hbond substituents is 1. The number of fused-ring (bicyclic) bond motifs is 1. The Kier molecular flexibility index (Phi) is 7.56. The van der Waals surface area contributed by atoms with E-state index in [0.29, 0.717) is 42.7 Å². The molecule has 0 bridgehead atoms. The quantitative estimate of drug-likeness (QED) is 0.471. The van der Waals surface area contributed by atoms with Gasteiger partial charge in [-0.2, -0.15) is 0 Å². The minimum absolute atomic E-state index is 0.0877. The number of allylic oxidation sites excluding steroid dienone is 2. The number of ether oxygens (including phenoxy) is 3. The third-order valence-corrected chi connectivity index (χ3v) is 6.02. The minimum atomic E-state index is -0.511. The lowest BCUT2D eigenvalue weighted by Gasteiger charge is -2.23. The summed E-state index contributed by atoms with van der Waals surface area (Å²) >= 11 is 0. The predicted octanol–water partition coefficient (Wildman–Crippen LogP) is 2.74. The second-order valence-electron chi connectivity index (χ2n) is 8.08. The molecule has 8 nitrogen and oxygen atoms in total. The number of methoxy groups -OCH3 is 1. The van der Waals surface area contributed by atoms with Crippen LogP contribution in [0.3, 0.4) is 0 Å². The number of esters is 2. The van der Waals surface area contributed by atoms with Crippen LogP contribution in [0.2, 0.25) is 0 Å². The molecule has 1 N–H and O–H groups in total. The van der Waals surface area contributed by atoms with Crippen molar-refractivity contribution < 1.29 is 28.9 Å². The van der Waals surface area contributed by atoms with Crippen molar-refractivity contribution in [1.29, 1.82) is 0 Å². The maximum atomic E-state index is 12.0. The summed E-state index contributed by atoms with van der Waals surface area (Å²) in [4.78, 5) is 24.0. The van der Waals surface area contributed by atoms with E-state index in [0.717, 1.165) is 37.2 Å². The number of carbonyl (C=O) groups is 2. The van der Waals surface area contributed by atoms with Gasteiger partial charge >= 0.3 is 11.9 Å². The molecular formula is C23H32N2O6. The maximum absolute atomic E-state index is 12.0. The lowest BCUT2D eigenvalue weighted by molar-refractivity contribution is -0.144. The number of aromatic hydroxyl groups is 1. The van der Waals surface area contributed by atoms with Gasteiger partial charge < -0.3 is 19.3 Å². The van der Waals surface area contributed by atoms with Gasteiger partial charge in [-0.05, 0) is 38.7 Å². The average Bonchev–Trinajstić information content (AvgIpc) is 3.33. The third-order valence-electron chi connectivity index (χ3n) is 6.02. The number of hydrogen-bond donors (Lipinski definition) is 1. The second kappa shape index (κ2) is 10.2. The molecule has 0 aromatic heterocycles. The van der Waals surface area contributed by atoms with Crippen molar-refractivity contribution in [3.8, 4) is 11.5 Å². The van der Waals surface area contributed by atoms with Gasteiger partial charge in [-0.15, -0.1) is 0 Å². The number of rotatable bonds is 9. The zero-order chi connectivity index (χ0) is 22.5. The Balaban J connectivity index is 1.54. The zero-order valence-corrected chi connectivity index (χ0v) is 18.8. The standard InChI is InChI=1S/C23H32N2O6/c1-15(7-9-19(26)30-13-12-25-11-5-10-24(25)3)6-8-17-21(27)20-18(14-31-23(20)28)16(2)22(17)29-4/h6,27H,5,7-14H2,1-4H3. The first-order valence-corrected chi connectivity index (χ1v) is 10.7. The molecule has 170 valence electrons. The van der Waals surface area contributed by atoms with E-state index in [2.05, 4.69) is 10.0 Å². The predicted molar refractivity (Wildman–Crippen MR) is 115 cm³/mol. The fourth-order valence-corrected chi connectivity index (χ4v) is 4.12. The van der Waals surface area contributed by atoms with Crippen LogP contribution < -0.4 is 4.74 Å². The smallest absolute Gasteiger partial charge is 0.342 e. The number of nitrogens with zero attached hydrogens (tertiary/aromatic N) is 2. The summed E-state index contributed by atoms with van der Waals surface area (Å²) < 4.78 is 15.9. The molecule has 1 saturated heterocycles. The molecule has 3 rings (SSSR count). The number of carbonyl (C=O) groups excluding carboxylic acids is 2. The van der Waals surface area contributed by atoms with Crippen LogP contribution in [0.5, 0.6) is 11.5 Å². The Labute approximate surface area is 183 Å². The second-order valence-corrected chi connectivity index (χ2v) is 8.08. The van der Waals surface area contributed by atoms with E-state index >= 15 is 0 Å². The highest BCUT2D eigenvalue weighted by Gasteiger charge is 2.31. The van der Waals surface area contributed by atoms with Gasteiger partial charge in [0.15, 0.2) is 0 Å². The van der Waals surface area contributed by atoms with Crippen molar-refractivity contribution in [2.45, 2.75) is 46.1 Å². The lowest BCUT2D eigenvalue weighted by atomic mass is 9.94. The van der Waals surface area contributed by atoms with Crippen molar-refractivity contribution in [2.75, 3.05) is 40.4 Å². The van der Waals surface area contributed by atoms with E-state index < -0.39 is 5.97 Å². The number of hydrogen-bond acceptors (Lipinski definition) is 8. The topological polar surface area (TPSA) is 88.5 Å². The van der Waals surface area contributed by atoms with Gasteiger partial charge in [0, 0.05) is 44.2 Å². The monoisotopic (exact) mass is 432 g/mol. The molecule has 2 heterocycles. The first-order valence-electron chi connectivity index (χ1n) is 10.7. The molecule has 0 amide bonds. The number of benzene rings is 1. The van der Waals surface area contributed by atoms with Crippen LogP contribution in [0, 0.1) is 6.92 Å². The first-order chi connectivity index (χ1) is 14.8. The fourth-order valence-electron chi connectivity index (χ4n) is 4.12. The first kappa shape index (κ1) is 23.1. The van der Waals surface area contributed by atoms with E-state index in [4.69, 9.17) is 14.2 Å². The van der Waals surface area contributed by atoms with Crippen LogP contribution in [-0.4, -0.2) is 67.5 Å². The van der Waals surface area contributed by atoms with Crippen LogP contribution >= 0.6 is 0 Å². The van der Waals surface area contributed by atoms with Crippen molar-refractivity contribution in [3.05, 3.63) is 33.9 Å². The summed E-state index contributed by atoms with van der Waals surface area (Å²) in [5.74, 6) is -0.255. The van der Waals surface area contributed by atoms with Crippen LogP contribution in [0.4, 0.5) is 0 Å². The van der Waals surface area contributed by atoms with Gasteiger partial charge in [-0.1, -0.05) is 11.6 Å². The Hall–Kier alpha value is -2.58. The Morgan fingerprint density at radius 2 is 2.06 bits per heavy atom. The molecule has 0 unspecified atom stereocenters. The van der Waals surface area contributed by atoms with Crippen molar-refractivity contribution in [3.63, 3.8) is 0 Å². The van der Waals surface area contributed by atoms with Crippen LogP contribution in [-0.2, 0) is 27.3 Å². The molecule has 1 aromatic carbocycles.